The van der Waals surface area contributed by atoms with Crippen molar-refractivity contribution >= 4 is 22.4 Å². The van der Waals surface area contributed by atoms with Crippen LogP contribution >= 0.6 is 11.3 Å². The van der Waals surface area contributed by atoms with Gasteiger partial charge in [-0.1, -0.05) is 24.7 Å². The number of carboxylic acids is 1. The van der Waals surface area contributed by atoms with Gasteiger partial charge >= 0.3 is 12.1 Å². The minimum Gasteiger partial charge on any atom is -0.480 e. The normalized spacial score (nSPS) is 23.9. The Morgan fingerprint density at radius 2 is 2.20 bits per heavy atom. The second-order valence-corrected chi connectivity index (χ2v) is 5.69. The molecule has 1 N–H and O–H groups in total. The van der Waals surface area contributed by atoms with Crippen LogP contribution in [0.3, 0.4) is 0 Å². The molecule has 9 heteroatoms. The second kappa shape index (κ2) is 5.55. The topological polar surface area (TPSA) is 66.3 Å². The Morgan fingerprint density at radius 1 is 1.50 bits per heavy atom. The molecule has 1 aliphatic heterocycles. The quantitative estimate of drug-likeness (QED) is 0.930. The Morgan fingerprint density at radius 3 is 2.70 bits per heavy atom. The van der Waals surface area contributed by atoms with Gasteiger partial charge in [0.2, 0.25) is 10.1 Å². The molecule has 5 nitrogen and oxygen atoms in total. The van der Waals surface area contributed by atoms with E-state index in [2.05, 4.69) is 10.2 Å². The third kappa shape index (κ3) is 3.02. The van der Waals surface area contributed by atoms with Crippen LogP contribution in [0.1, 0.15) is 31.2 Å². The molecule has 112 valence electrons. The largest absolute Gasteiger partial charge is 0.480 e. The molecule has 1 aromatic rings. The Labute approximate surface area is 117 Å². The van der Waals surface area contributed by atoms with Crippen LogP contribution in [0.2, 0.25) is 0 Å². The molecule has 20 heavy (non-hydrogen) atoms. The second-order valence-electron chi connectivity index (χ2n) is 4.73. The number of anilines is 1. The molecule has 0 aliphatic carbocycles. The van der Waals surface area contributed by atoms with Crippen molar-refractivity contribution in [2.24, 2.45) is 5.92 Å². The maximum absolute atomic E-state index is 12.5. The van der Waals surface area contributed by atoms with E-state index < -0.39 is 23.2 Å². The molecule has 0 amide bonds. The monoisotopic (exact) mass is 309 g/mol. The molecule has 2 rings (SSSR count). The number of aliphatic carboxylic acids is 1. The number of alkyl halides is 3. The average molecular weight is 309 g/mol. The summed E-state index contributed by atoms with van der Waals surface area (Å²) < 4.78 is 37.5. The van der Waals surface area contributed by atoms with Crippen LogP contribution in [-0.2, 0) is 11.0 Å². The van der Waals surface area contributed by atoms with Gasteiger partial charge in [-0.2, -0.15) is 13.2 Å². The zero-order valence-electron chi connectivity index (χ0n) is 10.7. The van der Waals surface area contributed by atoms with Gasteiger partial charge in [-0.15, -0.1) is 10.2 Å². The zero-order valence-corrected chi connectivity index (χ0v) is 11.5. The molecule has 1 aromatic heterocycles. The fourth-order valence-corrected chi connectivity index (χ4v) is 3.11. The molecule has 1 fully saturated rings. The van der Waals surface area contributed by atoms with E-state index in [-0.39, 0.29) is 11.0 Å². The van der Waals surface area contributed by atoms with Crippen molar-refractivity contribution in [2.45, 2.75) is 38.4 Å². The van der Waals surface area contributed by atoms with Crippen molar-refractivity contribution in [1.82, 2.24) is 10.2 Å². The van der Waals surface area contributed by atoms with E-state index in [1.165, 1.54) is 4.90 Å². The van der Waals surface area contributed by atoms with E-state index >= 15 is 0 Å². The summed E-state index contributed by atoms with van der Waals surface area (Å²) >= 11 is 0.392. The van der Waals surface area contributed by atoms with Gasteiger partial charge in [-0.3, -0.25) is 0 Å². The molecular formula is C11H14F3N3O2S. The van der Waals surface area contributed by atoms with E-state index in [0.717, 1.165) is 12.8 Å². The molecule has 0 aromatic carbocycles. The van der Waals surface area contributed by atoms with Crippen molar-refractivity contribution in [3.63, 3.8) is 0 Å². The number of rotatable bonds is 3. The lowest BCUT2D eigenvalue weighted by molar-refractivity contribution is -0.139. The molecule has 0 radical (unpaired) electrons. The molecule has 1 aliphatic rings. The van der Waals surface area contributed by atoms with Gasteiger partial charge in [0, 0.05) is 6.54 Å². The molecule has 0 bridgehead atoms. The Balaban J connectivity index is 2.22. The predicted molar refractivity (Wildman–Crippen MR) is 66.7 cm³/mol. The van der Waals surface area contributed by atoms with Crippen molar-refractivity contribution in [1.29, 1.82) is 0 Å². The van der Waals surface area contributed by atoms with Crippen molar-refractivity contribution < 1.29 is 23.1 Å². The summed E-state index contributed by atoms with van der Waals surface area (Å²) in [5.74, 6) is -0.755. The first-order chi connectivity index (χ1) is 9.32. The van der Waals surface area contributed by atoms with Crippen LogP contribution < -0.4 is 4.90 Å². The van der Waals surface area contributed by atoms with Gasteiger partial charge in [0.15, 0.2) is 0 Å². The van der Waals surface area contributed by atoms with Crippen LogP contribution in [0.15, 0.2) is 0 Å². The number of nitrogens with zero attached hydrogens (tertiary/aromatic N) is 3. The first kappa shape index (κ1) is 15.0. The summed E-state index contributed by atoms with van der Waals surface area (Å²) in [6.07, 6.45) is -2.51. The van der Waals surface area contributed by atoms with Crippen LogP contribution in [-0.4, -0.2) is 33.9 Å². The number of halogens is 3. The number of hydrogen-bond acceptors (Lipinski definition) is 5. The molecule has 2 heterocycles. The predicted octanol–water partition coefficient (Wildman–Crippen LogP) is 2.64. The van der Waals surface area contributed by atoms with Crippen LogP contribution in [0, 0.1) is 5.92 Å². The zero-order chi connectivity index (χ0) is 14.9. The number of piperidine rings is 1. The number of carbonyl (C=O) groups is 1. The Kier molecular flexibility index (Phi) is 4.17. The summed E-state index contributed by atoms with van der Waals surface area (Å²) in [6, 6.07) is -0.831. The minimum atomic E-state index is -4.55. The fraction of sp³-hybridized carbons (Fsp3) is 0.727. The Hall–Kier alpha value is -1.38. The SMILES string of the molecule is CCC1CCN(c2nnc(C(F)(F)F)s2)C(C(=O)O)C1. The lowest BCUT2D eigenvalue weighted by Gasteiger charge is -2.36. The molecule has 2 atom stereocenters. The summed E-state index contributed by atoms with van der Waals surface area (Å²) in [5, 5.41) is 14.8. The highest BCUT2D eigenvalue weighted by Crippen LogP contribution is 2.37. The van der Waals surface area contributed by atoms with Gasteiger partial charge in [0.1, 0.15) is 6.04 Å². The van der Waals surface area contributed by atoms with Crippen LogP contribution in [0.4, 0.5) is 18.3 Å². The summed E-state index contributed by atoms with van der Waals surface area (Å²) in [6.45, 7) is 2.37. The average Bonchev–Trinajstić information content (AvgIpc) is 2.87. The van der Waals surface area contributed by atoms with Crippen molar-refractivity contribution in [3.05, 3.63) is 5.01 Å². The highest BCUT2D eigenvalue weighted by atomic mass is 32.1. The maximum atomic E-state index is 12.5. The van der Waals surface area contributed by atoms with Gasteiger partial charge in [0.05, 0.1) is 0 Å². The third-order valence-electron chi connectivity index (χ3n) is 3.48. The van der Waals surface area contributed by atoms with E-state index in [9.17, 15) is 23.1 Å². The van der Waals surface area contributed by atoms with E-state index in [1.54, 1.807) is 0 Å². The van der Waals surface area contributed by atoms with Crippen molar-refractivity contribution in [3.8, 4) is 0 Å². The van der Waals surface area contributed by atoms with Crippen LogP contribution in [0.25, 0.3) is 0 Å². The van der Waals surface area contributed by atoms with E-state index in [0.29, 0.717) is 24.3 Å². The first-order valence-corrected chi connectivity index (χ1v) is 7.04. The van der Waals surface area contributed by atoms with Gasteiger partial charge in [0.25, 0.3) is 0 Å². The number of carboxylic acid groups (broad SMARTS) is 1. The maximum Gasteiger partial charge on any atom is 0.445 e. The molecule has 0 saturated carbocycles. The molecular weight excluding hydrogens is 295 g/mol. The highest BCUT2D eigenvalue weighted by molar-refractivity contribution is 7.15. The van der Waals surface area contributed by atoms with Crippen molar-refractivity contribution in [2.75, 3.05) is 11.4 Å². The van der Waals surface area contributed by atoms with E-state index in [1.807, 2.05) is 6.92 Å². The summed E-state index contributed by atoms with van der Waals surface area (Å²) in [4.78, 5) is 12.7. The summed E-state index contributed by atoms with van der Waals surface area (Å²) in [7, 11) is 0. The first-order valence-electron chi connectivity index (χ1n) is 6.23. The lowest BCUT2D eigenvalue weighted by atomic mass is 9.89. The van der Waals surface area contributed by atoms with Gasteiger partial charge in [-0.05, 0) is 18.8 Å². The fourth-order valence-electron chi connectivity index (χ4n) is 2.32. The summed E-state index contributed by atoms with van der Waals surface area (Å²) in [5.41, 5.74) is 0. The number of hydrogen-bond donors (Lipinski definition) is 1. The van der Waals surface area contributed by atoms with Gasteiger partial charge in [-0.25, -0.2) is 4.79 Å². The lowest BCUT2D eigenvalue weighted by Crippen LogP contribution is -2.47. The minimum absolute atomic E-state index is 0.0271. The highest BCUT2D eigenvalue weighted by Gasteiger charge is 2.39. The molecule has 0 spiro atoms. The number of aromatic nitrogens is 2. The standard InChI is InChI=1S/C11H14F3N3O2S/c1-2-6-3-4-17(7(5-6)8(18)19)10-16-15-9(20-10)11(12,13)14/h6-7H,2-5H2,1H3,(H,18,19). The Bertz CT molecular complexity index is 492. The van der Waals surface area contributed by atoms with E-state index in [4.69, 9.17) is 0 Å². The van der Waals surface area contributed by atoms with Gasteiger partial charge < -0.3 is 10.0 Å². The molecule has 1 saturated heterocycles. The van der Waals surface area contributed by atoms with Crippen LogP contribution in [0.5, 0.6) is 0 Å². The smallest absolute Gasteiger partial charge is 0.445 e. The third-order valence-corrected chi connectivity index (χ3v) is 4.48. The molecule has 2 unspecified atom stereocenters.